The topological polar surface area (TPSA) is 52.1 Å². The Morgan fingerprint density at radius 1 is 1.45 bits per heavy atom. The van der Waals surface area contributed by atoms with E-state index in [1.807, 2.05) is 19.9 Å². The van der Waals surface area contributed by atoms with Gasteiger partial charge in [-0.2, -0.15) is 0 Å². The maximum atomic E-state index is 13.5. The number of nitrogens with zero attached hydrogens (tertiary/aromatic N) is 2. The molecule has 0 bridgehead atoms. The van der Waals surface area contributed by atoms with Gasteiger partial charge in [0.05, 0.1) is 18.5 Å². The fraction of sp³-hybridized carbons (Fsp3) is 0.353. The summed E-state index contributed by atoms with van der Waals surface area (Å²) in [4.78, 5) is 19.6. The molecule has 114 valence electrons. The first-order valence-electron chi connectivity index (χ1n) is 7.19. The lowest BCUT2D eigenvalue weighted by molar-refractivity contribution is -0.109. The van der Waals surface area contributed by atoms with E-state index in [-0.39, 0.29) is 11.7 Å². The van der Waals surface area contributed by atoms with Crippen molar-refractivity contribution in [2.24, 2.45) is 5.92 Å². The highest BCUT2D eigenvalue weighted by Gasteiger charge is 2.56. The smallest absolute Gasteiger partial charge is 0.158 e. The molecule has 0 radical (unpaired) electrons. The van der Waals surface area contributed by atoms with Gasteiger partial charge in [0, 0.05) is 11.3 Å². The second kappa shape index (κ2) is 5.48. The zero-order valence-electron chi connectivity index (χ0n) is 12.5. The zero-order chi connectivity index (χ0) is 15.7. The van der Waals surface area contributed by atoms with Crippen molar-refractivity contribution in [3.63, 3.8) is 0 Å². The van der Waals surface area contributed by atoms with E-state index in [4.69, 9.17) is 4.74 Å². The molecular weight excluding hydrogens is 283 g/mol. The Kier molecular flexibility index (Phi) is 3.64. The average Bonchev–Trinajstić information content (AvgIpc) is 3.21. The average molecular weight is 300 g/mol. The zero-order valence-corrected chi connectivity index (χ0v) is 12.5. The van der Waals surface area contributed by atoms with E-state index < -0.39 is 5.41 Å². The van der Waals surface area contributed by atoms with Crippen LogP contribution in [-0.4, -0.2) is 22.9 Å². The molecule has 0 saturated heterocycles. The third-order valence-electron chi connectivity index (χ3n) is 4.24. The van der Waals surface area contributed by atoms with Crippen LogP contribution in [0.2, 0.25) is 0 Å². The standard InChI is InChI=1S/C17H17FN2O2/c1-11-16(8-19-12(2)20-11)22-10-17(7-14(17)9-21)13-4-3-5-15(18)6-13/h3-6,8-9,14H,7,10H2,1-2H3/t14?,17-/m1/s1. The van der Waals surface area contributed by atoms with Crippen LogP contribution in [0, 0.1) is 25.6 Å². The number of benzene rings is 1. The maximum absolute atomic E-state index is 13.5. The van der Waals surface area contributed by atoms with Gasteiger partial charge in [-0.15, -0.1) is 0 Å². The number of carbonyl (C=O) groups is 1. The number of ether oxygens (including phenoxy) is 1. The number of halogens is 1. The Morgan fingerprint density at radius 3 is 2.91 bits per heavy atom. The number of aldehydes is 1. The van der Waals surface area contributed by atoms with Crippen molar-refractivity contribution in [3.8, 4) is 5.75 Å². The molecule has 2 aromatic rings. The van der Waals surface area contributed by atoms with Gasteiger partial charge in [-0.1, -0.05) is 12.1 Å². The molecule has 0 aliphatic heterocycles. The SMILES string of the molecule is Cc1ncc(OC[C@@]2(c3cccc(F)c3)CC2C=O)c(C)n1. The minimum Gasteiger partial charge on any atom is -0.489 e. The van der Waals surface area contributed by atoms with Crippen molar-refractivity contribution in [2.75, 3.05) is 6.61 Å². The number of hydrogen-bond acceptors (Lipinski definition) is 4. The van der Waals surface area contributed by atoms with Crippen molar-refractivity contribution in [1.82, 2.24) is 9.97 Å². The third kappa shape index (κ3) is 2.58. The first-order chi connectivity index (χ1) is 10.5. The molecule has 1 aliphatic rings. The van der Waals surface area contributed by atoms with E-state index in [1.54, 1.807) is 12.3 Å². The van der Waals surface area contributed by atoms with Gasteiger partial charge in [0.15, 0.2) is 5.75 Å². The lowest BCUT2D eigenvalue weighted by Crippen LogP contribution is -2.21. The van der Waals surface area contributed by atoms with Gasteiger partial charge in [-0.05, 0) is 38.0 Å². The molecule has 5 heteroatoms. The predicted octanol–water partition coefficient (Wildman–Crippen LogP) is 2.77. The summed E-state index contributed by atoms with van der Waals surface area (Å²) in [5.74, 6) is 0.837. The largest absolute Gasteiger partial charge is 0.489 e. The molecule has 4 nitrogen and oxygen atoms in total. The molecule has 0 N–H and O–H groups in total. The van der Waals surface area contributed by atoms with Crippen molar-refractivity contribution < 1.29 is 13.9 Å². The molecule has 3 rings (SSSR count). The predicted molar refractivity (Wildman–Crippen MR) is 79.3 cm³/mol. The number of hydrogen-bond donors (Lipinski definition) is 0. The monoisotopic (exact) mass is 300 g/mol. The normalized spacial score (nSPS) is 23.1. The van der Waals surface area contributed by atoms with Crippen LogP contribution in [0.4, 0.5) is 4.39 Å². The molecule has 0 amide bonds. The van der Waals surface area contributed by atoms with E-state index in [0.717, 1.165) is 17.5 Å². The number of rotatable bonds is 5. The fourth-order valence-electron chi connectivity index (χ4n) is 2.81. The van der Waals surface area contributed by atoms with E-state index in [9.17, 15) is 9.18 Å². The van der Waals surface area contributed by atoms with Crippen molar-refractivity contribution in [2.45, 2.75) is 25.7 Å². The van der Waals surface area contributed by atoms with Crippen LogP contribution in [0.25, 0.3) is 0 Å². The summed E-state index contributed by atoms with van der Waals surface area (Å²) in [5, 5.41) is 0. The lowest BCUT2D eigenvalue weighted by Gasteiger charge is -2.18. The first-order valence-corrected chi connectivity index (χ1v) is 7.19. The second-order valence-corrected chi connectivity index (χ2v) is 5.77. The van der Waals surface area contributed by atoms with E-state index in [1.165, 1.54) is 12.1 Å². The molecule has 1 aromatic carbocycles. The molecular formula is C17H17FN2O2. The van der Waals surface area contributed by atoms with Gasteiger partial charge < -0.3 is 9.53 Å². The van der Waals surface area contributed by atoms with E-state index in [2.05, 4.69) is 9.97 Å². The van der Waals surface area contributed by atoms with Crippen LogP contribution in [0.1, 0.15) is 23.5 Å². The molecule has 1 heterocycles. The highest BCUT2D eigenvalue weighted by molar-refractivity contribution is 5.64. The van der Waals surface area contributed by atoms with Crippen LogP contribution in [-0.2, 0) is 10.2 Å². The summed E-state index contributed by atoms with van der Waals surface area (Å²) in [6.45, 7) is 3.98. The molecule has 1 fully saturated rings. The number of aryl methyl sites for hydroxylation is 2. The Bertz CT molecular complexity index is 720. The summed E-state index contributed by atoms with van der Waals surface area (Å²) in [7, 11) is 0. The minimum atomic E-state index is -0.443. The fourth-order valence-corrected chi connectivity index (χ4v) is 2.81. The summed E-state index contributed by atoms with van der Waals surface area (Å²) < 4.78 is 19.3. The van der Waals surface area contributed by atoms with E-state index in [0.29, 0.717) is 24.6 Å². The number of aromatic nitrogens is 2. The Morgan fingerprint density at radius 2 is 2.27 bits per heavy atom. The summed E-state index contributed by atoms with van der Waals surface area (Å²) in [6.07, 6.45) is 3.23. The maximum Gasteiger partial charge on any atom is 0.158 e. The molecule has 22 heavy (non-hydrogen) atoms. The quantitative estimate of drug-likeness (QED) is 0.797. The Balaban J connectivity index is 1.83. The van der Waals surface area contributed by atoms with Crippen LogP contribution in [0.3, 0.4) is 0 Å². The van der Waals surface area contributed by atoms with Gasteiger partial charge in [-0.25, -0.2) is 14.4 Å². The van der Waals surface area contributed by atoms with Crippen LogP contribution >= 0.6 is 0 Å². The summed E-state index contributed by atoms with van der Waals surface area (Å²) >= 11 is 0. The van der Waals surface area contributed by atoms with Crippen LogP contribution in [0.15, 0.2) is 30.5 Å². The molecule has 2 atom stereocenters. The number of carbonyl (C=O) groups excluding carboxylic acids is 1. The first kappa shape index (κ1) is 14.6. The Hall–Kier alpha value is -2.30. The van der Waals surface area contributed by atoms with Crippen LogP contribution in [0.5, 0.6) is 5.75 Å². The van der Waals surface area contributed by atoms with E-state index >= 15 is 0 Å². The molecule has 0 spiro atoms. The summed E-state index contributed by atoms with van der Waals surface area (Å²) in [5.41, 5.74) is 1.11. The third-order valence-corrected chi connectivity index (χ3v) is 4.24. The minimum absolute atomic E-state index is 0.138. The highest BCUT2D eigenvalue weighted by Crippen LogP contribution is 2.53. The summed E-state index contributed by atoms with van der Waals surface area (Å²) in [6, 6.07) is 6.38. The molecule has 1 saturated carbocycles. The van der Waals surface area contributed by atoms with Gasteiger partial charge in [0.2, 0.25) is 0 Å². The van der Waals surface area contributed by atoms with Crippen molar-refractivity contribution >= 4 is 6.29 Å². The highest BCUT2D eigenvalue weighted by atomic mass is 19.1. The molecule has 1 aromatic heterocycles. The van der Waals surface area contributed by atoms with Gasteiger partial charge in [-0.3, -0.25) is 0 Å². The van der Waals surface area contributed by atoms with Crippen LogP contribution < -0.4 is 4.74 Å². The molecule has 1 aliphatic carbocycles. The Labute approximate surface area is 128 Å². The second-order valence-electron chi connectivity index (χ2n) is 5.77. The van der Waals surface area contributed by atoms with Crippen molar-refractivity contribution in [3.05, 3.63) is 53.4 Å². The van der Waals surface area contributed by atoms with Gasteiger partial charge >= 0.3 is 0 Å². The van der Waals surface area contributed by atoms with Crippen molar-refractivity contribution in [1.29, 1.82) is 0 Å². The lowest BCUT2D eigenvalue weighted by atomic mass is 9.94. The molecule has 1 unspecified atom stereocenters. The van der Waals surface area contributed by atoms with Gasteiger partial charge in [0.1, 0.15) is 17.9 Å². The van der Waals surface area contributed by atoms with Gasteiger partial charge in [0.25, 0.3) is 0 Å².